The van der Waals surface area contributed by atoms with E-state index in [2.05, 4.69) is 6.92 Å². The lowest BCUT2D eigenvalue weighted by Crippen LogP contribution is -2.26. The topological polar surface area (TPSA) is 60.2 Å². The van der Waals surface area contributed by atoms with Crippen molar-refractivity contribution in [2.75, 3.05) is 0 Å². The molecule has 0 heterocycles. The number of carbonyl (C=O) groups excluding carboxylic acids is 1. The number of carbonyl (C=O) groups is 1. The van der Waals surface area contributed by atoms with E-state index in [1.165, 1.54) is 12.1 Å². The Hall–Kier alpha value is -1.42. The summed E-state index contributed by atoms with van der Waals surface area (Å²) >= 11 is 6.09. The van der Waals surface area contributed by atoms with Crippen LogP contribution in [0.2, 0.25) is 5.02 Å². The van der Waals surface area contributed by atoms with E-state index in [1.54, 1.807) is 6.07 Å². The number of rotatable bonds is 4. The Kier molecular flexibility index (Phi) is 4.76. The number of benzene rings is 1. The Morgan fingerprint density at radius 2 is 2.20 bits per heavy atom. The van der Waals surface area contributed by atoms with Gasteiger partial charge in [0, 0.05) is 24.5 Å². The van der Waals surface area contributed by atoms with Crippen LogP contribution >= 0.6 is 11.6 Å². The molecule has 2 atom stereocenters. The average molecular weight is 296 g/mol. The third-order valence-electron chi connectivity index (χ3n) is 4.16. The second-order valence-corrected chi connectivity index (χ2v) is 5.86. The number of halogens is 1. The molecule has 1 aromatic rings. The summed E-state index contributed by atoms with van der Waals surface area (Å²) in [5.74, 6) is 0.909. The van der Waals surface area contributed by atoms with Crippen molar-refractivity contribution in [3.63, 3.8) is 0 Å². The van der Waals surface area contributed by atoms with Crippen molar-refractivity contribution in [3.8, 4) is 0 Å². The number of hydrogen-bond acceptors (Lipinski definition) is 3. The summed E-state index contributed by atoms with van der Waals surface area (Å²) in [5, 5.41) is 11.1. The van der Waals surface area contributed by atoms with Crippen molar-refractivity contribution in [3.05, 3.63) is 38.9 Å². The van der Waals surface area contributed by atoms with Gasteiger partial charge in [-0.3, -0.25) is 14.9 Å². The molecule has 0 bridgehead atoms. The maximum Gasteiger partial charge on any atom is 0.270 e. The minimum atomic E-state index is -0.464. The number of nitro groups is 1. The van der Waals surface area contributed by atoms with Gasteiger partial charge in [-0.1, -0.05) is 31.0 Å². The normalized spacial score (nSPS) is 22.8. The molecule has 0 saturated heterocycles. The van der Waals surface area contributed by atoms with Crippen LogP contribution in [0.4, 0.5) is 5.69 Å². The van der Waals surface area contributed by atoms with Crippen LogP contribution in [0, 0.1) is 22.0 Å². The van der Waals surface area contributed by atoms with Gasteiger partial charge in [-0.2, -0.15) is 0 Å². The van der Waals surface area contributed by atoms with Crippen molar-refractivity contribution < 1.29 is 9.72 Å². The van der Waals surface area contributed by atoms with Crippen LogP contribution in [0.25, 0.3) is 0 Å². The van der Waals surface area contributed by atoms with Crippen molar-refractivity contribution in [2.24, 2.45) is 11.8 Å². The van der Waals surface area contributed by atoms with Gasteiger partial charge in [-0.15, -0.1) is 0 Å². The van der Waals surface area contributed by atoms with E-state index >= 15 is 0 Å². The molecule has 2 unspecified atom stereocenters. The van der Waals surface area contributed by atoms with Crippen molar-refractivity contribution in [2.45, 2.75) is 39.0 Å². The second kappa shape index (κ2) is 6.35. The molecule has 1 aliphatic carbocycles. The molecule has 1 saturated carbocycles. The van der Waals surface area contributed by atoms with E-state index in [0.717, 1.165) is 24.8 Å². The summed E-state index contributed by atoms with van der Waals surface area (Å²) in [5.41, 5.74) is 0.813. The molecule has 0 aliphatic heterocycles. The summed E-state index contributed by atoms with van der Waals surface area (Å²) in [6.45, 7) is 2.15. The van der Waals surface area contributed by atoms with Crippen LogP contribution in [0.3, 0.4) is 0 Å². The van der Waals surface area contributed by atoms with Crippen molar-refractivity contribution in [1.29, 1.82) is 0 Å². The van der Waals surface area contributed by atoms with Gasteiger partial charge in [0.25, 0.3) is 5.69 Å². The molecule has 20 heavy (non-hydrogen) atoms. The van der Waals surface area contributed by atoms with E-state index in [1.807, 2.05) is 0 Å². The fraction of sp³-hybridized carbons (Fsp3) is 0.533. The Balaban J connectivity index is 2.12. The number of ketones is 1. The lowest BCUT2D eigenvalue weighted by molar-refractivity contribution is -0.384. The van der Waals surface area contributed by atoms with Crippen LogP contribution in [-0.4, -0.2) is 10.7 Å². The number of Topliss-reactive ketones (excluding diaryl/α,β-unsaturated/α-hetero) is 1. The molecule has 108 valence electrons. The minimum Gasteiger partial charge on any atom is -0.299 e. The number of nitro benzene ring substituents is 1. The highest BCUT2D eigenvalue weighted by atomic mass is 35.5. The van der Waals surface area contributed by atoms with E-state index < -0.39 is 4.92 Å². The monoisotopic (exact) mass is 295 g/mol. The van der Waals surface area contributed by atoms with Crippen LogP contribution in [0.1, 0.15) is 38.2 Å². The summed E-state index contributed by atoms with van der Waals surface area (Å²) in [6.07, 6.45) is 4.22. The zero-order valence-electron chi connectivity index (χ0n) is 11.5. The Bertz CT molecular complexity index is 530. The largest absolute Gasteiger partial charge is 0.299 e. The molecule has 0 amide bonds. The molecular formula is C15H18ClNO3. The summed E-state index contributed by atoms with van der Waals surface area (Å²) in [6, 6.07) is 4.48. The molecule has 1 aromatic carbocycles. The third-order valence-corrected chi connectivity index (χ3v) is 4.52. The maximum absolute atomic E-state index is 12.0. The van der Waals surface area contributed by atoms with Crippen molar-refractivity contribution in [1.82, 2.24) is 0 Å². The Labute approximate surface area is 123 Å². The average Bonchev–Trinajstić information content (AvgIpc) is 2.43. The Morgan fingerprint density at radius 1 is 1.45 bits per heavy atom. The van der Waals surface area contributed by atoms with Crippen LogP contribution < -0.4 is 0 Å². The van der Waals surface area contributed by atoms with Gasteiger partial charge in [0.1, 0.15) is 5.78 Å². The minimum absolute atomic E-state index is 0.00709. The third kappa shape index (κ3) is 3.37. The number of non-ortho nitro benzene ring substituents is 1. The molecule has 4 nitrogen and oxygen atoms in total. The molecule has 1 fully saturated rings. The predicted molar refractivity (Wildman–Crippen MR) is 77.9 cm³/mol. The standard InChI is InChI=1S/C15H18ClNO3/c1-2-10-3-6-15(18)12(7-10)8-11-4-5-13(17(19)20)9-14(11)16/h4-5,9-10,12H,2-3,6-8H2,1H3. The van der Waals surface area contributed by atoms with Gasteiger partial charge in [0.15, 0.2) is 0 Å². The number of hydrogen-bond donors (Lipinski definition) is 0. The van der Waals surface area contributed by atoms with Gasteiger partial charge in [0.05, 0.1) is 9.95 Å². The fourth-order valence-corrected chi connectivity index (χ4v) is 3.10. The second-order valence-electron chi connectivity index (χ2n) is 5.45. The zero-order chi connectivity index (χ0) is 14.7. The summed E-state index contributed by atoms with van der Waals surface area (Å²) in [4.78, 5) is 22.2. The molecule has 2 rings (SSSR count). The lowest BCUT2D eigenvalue weighted by atomic mass is 9.77. The number of nitrogens with zero attached hydrogens (tertiary/aromatic N) is 1. The predicted octanol–water partition coefficient (Wildman–Crippen LogP) is 4.19. The SMILES string of the molecule is CCC1CCC(=O)C(Cc2ccc([N+](=O)[O-])cc2Cl)C1. The first-order chi connectivity index (χ1) is 9.51. The quantitative estimate of drug-likeness (QED) is 0.618. The molecule has 5 heteroatoms. The smallest absolute Gasteiger partial charge is 0.270 e. The Morgan fingerprint density at radius 3 is 2.80 bits per heavy atom. The zero-order valence-corrected chi connectivity index (χ0v) is 12.2. The molecule has 0 radical (unpaired) electrons. The molecule has 0 aromatic heterocycles. The first-order valence-corrected chi connectivity index (χ1v) is 7.34. The highest BCUT2D eigenvalue weighted by Gasteiger charge is 2.28. The fourth-order valence-electron chi connectivity index (χ4n) is 2.85. The lowest BCUT2D eigenvalue weighted by Gasteiger charge is -2.27. The molecule has 0 spiro atoms. The van der Waals surface area contributed by atoms with Crippen LogP contribution in [0.15, 0.2) is 18.2 Å². The van der Waals surface area contributed by atoms with E-state index in [0.29, 0.717) is 29.6 Å². The van der Waals surface area contributed by atoms with Crippen LogP contribution in [0.5, 0.6) is 0 Å². The van der Waals surface area contributed by atoms with Gasteiger partial charge in [0.2, 0.25) is 0 Å². The van der Waals surface area contributed by atoms with E-state index in [9.17, 15) is 14.9 Å². The highest BCUT2D eigenvalue weighted by Crippen LogP contribution is 2.33. The van der Waals surface area contributed by atoms with E-state index in [-0.39, 0.29) is 11.6 Å². The summed E-state index contributed by atoms with van der Waals surface area (Å²) < 4.78 is 0. The molecular weight excluding hydrogens is 278 g/mol. The van der Waals surface area contributed by atoms with Gasteiger partial charge < -0.3 is 0 Å². The van der Waals surface area contributed by atoms with E-state index in [4.69, 9.17) is 11.6 Å². The van der Waals surface area contributed by atoms with Crippen molar-refractivity contribution >= 4 is 23.1 Å². The van der Waals surface area contributed by atoms with Gasteiger partial charge in [-0.05, 0) is 30.7 Å². The summed E-state index contributed by atoms with van der Waals surface area (Å²) in [7, 11) is 0. The first kappa shape index (κ1) is 15.0. The first-order valence-electron chi connectivity index (χ1n) is 6.96. The highest BCUT2D eigenvalue weighted by molar-refractivity contribution is 6.31. The molecule has 0 N–H and O–H groups in total. The van der Waals surface area contributed by atoms with Gasteiger partial charge in [-0.25, -0.2) is 0 Å². The molecule has 1 aliphatic rings. The maximum atomic E-state index is 12.0. The van der Waals surface area contributed by atoms with Gasteiger partial charge >= 0.3 is 0 Å². The van der Waals surface area contributed by atoms with Crippen LogP contribution in [-0.2, 0) is 11.2 Å².